The molecule has 1 heterocycles. The molecule has 1 aromatic heterocycles. The Hall–Kier alpha value is -2.44. The van der Waals surface area contributed by atoms with Gasteiger partial charge in [-0.25, -0.2) is 8.42 Å². The second-order valence-corrected chi connectivity index (χ2v) is 7.96. The van der Waals surface area contributed by atoms with E-state index < -0.39 is 10.0 Å². The zero-order chi connectivity index (χ0) is 18.0. The van der Waals surface area contributed by atoms with Crippen LogP contribution in [0.2, 0.25) is 0 Å². The highest BCUT2D eigenvalue weighted by atomic mass is 32.2. The van der Waals surface area contributed by atoms with Crippen LogP contribution in [0.15, 0.2) is 59.6 Å². The molecular weight excluding hydrogens is 336 g/mol. The van der Waals surface area contributed by atoms with Crippen LogP contribution in [0.3, 0.4) is 0 Å². The number of nitrogens with zero attached hydrogens (tertiary/aromatic N) is 2. The molecule has 0 aliphatic heterocycles. The van der Waals surface area contributed by atoms with Gasteiger partial charge in [0.05, 0.1) is 12.6 Å². The van der Waals surface area contributed by atoms with Gasteiger partial charge in [0.25, 0.3) is 0 Å². The first-order chi connectivity index (χ1) is 11.9. The van der Waals surface area contributed by atoms with Gasteiger partial charge in [-0.3, -0.25) is 4.98 Å². The van der Waals surface area contributed by atoms with Gasteiger partial charge in [0.1, 0.15) is 10.6 Å². The van der Waals surface area contributed by atoms with Gasteiger partial charge < -0.3 is 4.74 Å². The topological polar surface area (TPSA) is 59.5 Å². The maximum atomic E-state index is 13.0. The molecule has 6 heteroatoms. The van der Waals surface area contributed by atoms with Crippen molar-refractivity contribution < 1.29 is 13.2 Å². The van der Waals surface area contributed by atoms with Crippen molar-refractivity contribution in [2.75, 3.05) is 14.2 Å². The molecule has 3 aromatic rings. The van der Waals surface area contributed by atoms with E-state index in [0.29, 0.717) is 5.52 Å². The predicted octanol–water partition coefficient (Wildman–Crippen LogP) is 3.37. The highest BCUT2D eigenvalue weighted by Gasteiger charge is 2.24. The molecule has 0 saturated carbocycles. The molecule has 0 saturated heterocycles. The van der Waals surface area contributed by atoms with Crippen LogP contribution < -0.4 is 4.74 Å². The molecule has 0 aliphatic rings. The minimum Gasteiger partial charge on any atom is -0.497 e. The van der Waals surface area contributed by atoms with E-state index in [1.54, 1.807) is 32.5 Å². The molecule has 0 aliphatic carbocycles. The van der Waals surface area contributed by atoms with E-state index in [2.05, 4.69) is 4.98 Å². The Morgan fingerprint density at radius 3 is 2.52 bits per heavy atom. The lowest BCUT2D eigenvalue weighted by atomic mass is 10.2. The molecule has 25 heavy (non-hydrogen) atoms. The van der Waals surface area contributed by atoms with Gasteiger partial charge in [0.2, 0.25) is 10.0 Å². The number of rotatable bonds is 5. The van der Waals surface area contributed by atoms with Crippen LogP contribution in [0.25, 0.3) is 10.9 Å². The predicted molar refractivity (Wildman–Crippen MR) is 98.1 cm³/mol. The molecule has 0 unspecified atom stereocenters. The van der Waals surface area contributed by atoms with E-state index in [0.717, 1.165) is 22.3 Å². The summed E-state index contributed by atoms with van der Waals surface area (Å²) in [5.74, 6) is 0.739. The van der Waals surface area contributed by atoms with Crippen molar-refractivity contribution in [3.63, 3.8) is 0 Å². The molecule has 0 fully saturated rings. The zero-order valence-electron chi connectivity index (χ0n) is 14.4. The Balaban J connectivity index is 1.95. The number of hydrogen-bond acceptors (Lipinski definition) is 4. The minimum atomic E-state index is -3.65. The fraction of sp³-hybridized carbons (Fsp3) is 0.211. The Kier molecular flexibility index (Phi) is 4.74. The Morgan fingerprint density at radius 1 is 1.12 bits per heavy atom. The molecule has 0 spiro atoms. The fourth-order valence-electron chi connectivity index (χ4n) is 2.69. The monoisotopic (exact) mass is 356 g/mol. The Morgan fingerprint density at radius 2 is 1.84 bits per heavy atom. The number of pyridine rings is 1. The summed E-state index contributed by atoms with van der Waals surface area (Å²) < 4.78 is 32.5. The first kappa shape index (κ1) is 17.4. The number of hydrogen-bond donors (Lipinski definition) is 0. The number of aromatic nitrogens is 1. The van der Waals surface area contributed by atoms with Crippen molar-refractivity contribution in [1.82, 2.24) is 9.29 Å². The molecule has 130 valence electrons. The molecule has 5 nitrogen and oxygen atoms in total. The summed E-state index contributed by atoms with van der Waals surface area (Å²) >= 11 is 0. The molecule has 2 aromatic carbocycles. The van der Waals surface area contributed by atoms with Crippen molar-refractivity contribution in [3.8, 4) is 5.75 Å². The summed E-state index contributed by atoms with van der Waals surface area (Å²) in [6.45, 7) is 2.21. The molecule has 0 radical (unpaired) electrons. The first-order valence-electron chi connectivity index (χ1n) is 7.86. The third kappa shape index (κ3) is 3.50. The number of ether oxygens (including phenoxy) is 1. The SMILES string of the molecule is COc1ccc(CN(C)S(=O)(=O)c2cccc3cc(C)cnc23)cc1. The number of benzene rings is 2. The highest BCUT2D eigenvalue weighted by Crippen LogP contribution is 2.25. The zero-order valence-corrected chi connectivity index (χ0v) is 15.2. The minimum absolute atomic E-state index is 0.223. The third-order valence-corrected chi connectivity index (χ3v) is 5.90. The maximum absolute atomic E-state index is 13.0. The summed E-state index contributed by atoms with van der Waals surface area (Å²) in [6.07, 6.45) is 1.69. The van der Waals surface area contributed by atoms with E-state index in [1.165, 1.54) is 4.31 Å². The summed E-state index contributed by atoms with van der Waals surface area (Å²) in [4.78, 5) is 4.56. The van der Waals surface area contributed by atoms with Gasteiger partial charge in [0.15, 0.2) is 0 Å². The summed E-state index contributed by atoms with van der Waals surface area (Å²) in [6, 6.07) is 14.5. The van der Waals surface area contributed by atoms with Crippen LogP contribution in [0, 0.1) is 6.92 Å². The molecule has 0 amide bonds. The van der Waals surface area contributed by atoms with Crippen LogP contribution in [0.1, 0.15) is 11.1 Å². The molecule has 3 rings (SSSR count). The largest absolute Gasteiger partial charge is 0.497 e. The number of methoxy groups -OCH3 is 1. The first-order valence-corrected chi connectivity index (χ1v) is 9.30. The number of para-hydroxylation sites is 1. The second-order valence-electron chi connectivity index (χ2n) is 5.95. The van der Waals surface area contributed by atoms with E-state index in [9.17, 15) is 8.42 Å². The normalized spacial score (nSPS) is 11.8. The van der Waals surface area contributed by atoms with Gasteiger partial charge >= 0.3 is 0 Å². The van der Waals surface area contributed by atoms with Crippen LogP contribution in [0.5, 0.6) is 5.75 Å². The van der Waals surface area contributed by atoms with Crippen molar-refractivity contribution in [3.05, 3.63) is 65.9 Å². The number of fused-ring (bicyclic) bond motifs is 1. The van der Waals surface area contributed by atoms with Crippen LogP contribution in [-0.2, 0) is 16.6 Å². The molecular formula is C19H20N2O3S. The second kappa shape index (κ2) is 6.82. The lowest BCUT2D eigenvalue weighted by Gasteiger charge is -2.18. The van der Waals surface area contributed by atoms with Crippen LogP contribution in [-0.4, -0.2) is 31.9 Å². The number of aryl methyl sites for hydroxylation is 1. The standard InChI is InChI=1S/C19H20N2O3S/c1-14-11-16-5-4-6-18(19(16)20-12-14)25(22,23)21(2)13-15-7-9-17(24-3)10-8-15/h4-12H,13H2,1-3H3. The number of sulfonamides is 1. The fourth-order valence-corrected chi connectivity index (χ4v) is 4.01. The van der Waals surface area contributed by atoms with Gasteiger partial charge in [-0.05, 0) is 42.3 Å². The summed E-state index contributed by atoms with van der Waals surface area (Å²) in [5.41, 5.74) is 2.37. The lowest BCUT2D eigenvalue weighted by Crippen LogP contribution is -2.26. The van der Waals surface area contributed by atoms with Gasteiger partial charge in [-0.15, -0.1) is 0 Å². The van der Waals surface area contributed by atoms with Crippen molar-refractivity contribution in [2.24, 2.45) is 0 Å². The highest BCUT2D eigenvalue weighted by molar-refractivity contribution is 7.89. The van der Waals surface area contributed by atoms with Gasteiger partial charge in [-0.2, -0.15) is 4.31 Å². The van der Waals surface area contributed by atoms with Crippen LogP contribution >= 0.6 is 0 Å². The molecule has 0 atom stereocenters. The van der Waals surface area contributed by atoms with E-state index >= 15 is 0 Å². The summed E-state index contributed by atoms with van der Waals surface area (Å²) in [5, 5.41) is 0.818. The maximum Gasteiger partial charge on any atom is 0.245 e. The molecule has 0 bridgehead atoms. The van der Waals surface area contributed by atoms with E-state index in [-0.39, 0.29) is 11.4 Å². The Bertz CT molecular complexity index is 999. The Labute approximate surface area is 147 Å². The van der Waals surface area contributed by atoms with Crippen molar-refractivity contribution in [1.29, 1.82) is 0 Å². The van der Waals surface area contributed by atoms with Crippen LogP contribution in [0.4, 0.5) is 0 Å². The van der Waals surface area contributed by atoms with E-state index in [4.69, 9.17) is 4.74 Å². The van der Waals surface area contributed by atoms with Gasteiger partial charge in [-0.1, -0.05) is 24.3 Å². The summed E-state index contributed by atoms with van der Waals surface area (Å²) in [7, 11) is -0.479. The van der Waals surface area contributed by atoms with E-state index in [1.807, 2.05) is 43.3 Å². The average molecular weight is 356 g/mol. The van der Waals surface area contributed by atoms with Crippen molar-refractivity contribution in [2.45, 2.75) is 18.4 Å². The van der Waals surface area contributed by atoms with Crippen molar-refractivity contribution >= 4 is 20.9 Å². The van der Waals surface area contributed by atoms with Gasteiger partial charge in [0, 0.05) is 25.2 Å². The average Bonchev–Trinajstić information content (AvgIpc) is 2.61. The third-order valence-electron chi connectivity index (χ3n) is 4.06. The lowest BCUT2D eigenvalue weighted by molar-refractivity contribution is 0.414. The quantitative estimate of drug-likeness (QED) is 0.703. The smallest absolute Gasteiger partial charge is 0.245 e. The molecule has 0 N–H and O–H groups in total.